The standard InChI is InChI=1S/C14H16BNO5/c1-20-11-7-5-10(6-8-11)13(15(18)19)16-9-3-4-12(16)14(17)21-2/h3-9,13,18-19H,1-2H3/t13-/m0/s1. The summed E-state index contributed by atoms with van der Waals surface area (Å²) in [6.45, 7) is 0. The zero-order valence-corrected chi connectivity index (χ0v) is 11.8. The van der Waals surface area contributed by atoms with Crippen molar-refractivity contribution >= 4 is 13.1 Å². The van der Waals surface area contributed by atoms with E-state index >= 15 is 0 Å². The molecule has 0 saturated carbocycles. The van der Waals surface area contributed by atoms with Crippen molar-refractivity contribution in [3.63, 3.8) is 0 Å². The molecule has 0 aliphatic heterocycles. The molecule has 0 aliphatic carbocycles. The van der Waals surface area contributed by atoms with E-state index in [1.54, 1.807) is 49.7 Å². The molecule has 1 atom stereocenters. The molecular weight excluding hydrogens is 273 g/mol. The normalized spacial score (nSPS) is 11.8. The first-order valence-electron chi connectivity index (χ1n) is 6.33. The second-order valence-corrected chi connectivity index (χ2v) is 4.42. The van der Waals surface area contributed by atoms with Crippen LogP contribution in [0.15, 0.2) is 42.6 Å². The van der Waals surface area contributed by atoms with Gasteiger partial charge in [-0.2, -0.15) is 0 Å². The molecule has 0 bridgehead atoms. The number of rotatable bonds is 5. The van der Waals surface area contributed by atoms with Gasteiger partial charge in [-0.25, -0.2) is 4.79 Å². The van der Waals surface area contributed by atoms with E-state index in [-0.39, 0.29) is 5.69 Å². The number of aromatic nitrogens is 1. The number of methoxy groups -OCH3 is 2. The molecule has 0 amide bonds. The van der Waals surface area contributed by atoms with Crippen LogP contribution < -0.4 is 4.74 Å². The van der Waals surface area contributed by atoms with Gasteiger partial charge in [0.15, 0.2) is 0 Å². The fraction of sp³-hybridized carbons (Fsp3) is 0.214. The molecule has 2 N–H and O–H groups in total. The van der Waals surface area contributed by atoms with Crippen LogP contribution in [0.5, 0.6) is 5.75 Å². The Morgan fingerprint density at radius 3 is 2.38 bits per heavy atom. The van der Waals surface area contributed by atoms with E-state index in [1.807, 2.05) is 0 Å². The SMILES string of the molecule is COC(=O)c1cccn1[C@H](B(O)O)c1ccc(OC)cc1. The molecule has 0 fully saturated rings. The van der Waals surface area contributed by atoms with Crippen molar-refractivity contribution in [2.24, 2.45) is 0 Å². The summed E-state index contributed by atoms with van der Waals surface area (Å²) in [6, 6.07) is 10.1. The Bertz CT molecular complexity index is 608. The third kappa shape index (κ3) is 3.09. The highest BCUT2D eigenvalue weighted by atomic mass is 16.5. The van der Waals surface area contributed by atoms with Gasteiger partial charge in [-0.1, -0.05) is 12.1 Å². The van der Waals surface area contributed by atoms with Crippen LogP contribution in [0, 0.1) is 0 Å². The summed E-state index contributed by atoms with van der Waals surface area (Å²) in [6.07, 6.45) is 1.60. The van der Waals surface area contributed by atoms with Crippen molar-refractivity contribution in [3.8, 4) is 5.75 Å². The maximum Gasteiger partial charge on any atom is 0.480 e. The summed E-state index contributed by atoms with van der Waals surface area (Å²) in [5.41, 5.74) is 0.874. The number of nitrogens with zero attached hydrogens (tertiary/aromatic N) is 1. The highest BCUT2D eigenvalue weighted by Gasteiger charge is 2.30. The van der Waals surface area contributed by atoms with Gasteiger partial charge in [0, 0.05) is 6.20 Å². The van der Waals surface area contributed by atoms with Gasteiger partial charge < -0.3 is 24.1 Å². The van der Waals surface area contributed by atoms with Crippen molar-refractivity contribution < 1.29 is 24.3 Å². The maximum atomic E-state index is 11.7. The Hall–Kier alpha value is -2.25. The van der Waals surface area contributed by atoms with E-state index in [0.29, 0.717) is 11.3 Å². The average molecular weight is 289 g/mol. The second-order valence-electron chi connectivity index (χ2n) is 4.42. The van der Waals surface area contributed by atoms with Gasteiger partial charge in [-0.05, 0) is 29.8 Å². The molecule has 2 aromatic rings. The van der Waals surface area contributed by atoms with Gasteiger partial charge in [0.25, 0.3) is 0 Å². The van der Waals surface area contributed by atoms with Gasteiger partial charge in [-0.3, -0.25) is 0 Å². The molecule has 1 aromatic carbocycles. The fourth-order valence-corrected chi connectivity index (χ4v) is 2.19. The van der Waals surface area contributed by atoms with E-state index in [0.717, 1.165) is 0 Å². The summed E-state index contributed by atoms with van der Waals surface area (Å²) < 4.78 is 11.2. The Balaban J connectivity index is 2.44. The molecule has 1 aromatic heterocycles. The van der Waals surface area contributed by atoms with Crippen LogP contribution in [0.4, 0.5) is 0 Å². The predicted molar refractivity (Wildman–Crippen MR) is 77.1 cm³/mol. The highest BCUT2D eigenvalue weighted by molar-refractivity contribution is 6.43. The van der Waals surface area contributed by atoms with Gasteiger partial charge in [-0.15, -0.1) is 0 Å². The third-order valence-electron chi connectivity index (χ3n) is 3.21. The van der Waals surface area contributed by atoms with Crippen LogP contribution in [0.2, 0.25) is 0 Å². The zero-order chi connectivity index (χ0) is 15.4. The lowest BCUT2D eigenvalue weighted by atomic mass is 9.74. The number of hydrogen-bond acceptors (Lipinski definition) is 5. The van der Waals surface area contributed by atoms with Gasteiger partial charge in [0.05, 0.1) is 20.2 Å². The molecule has 0 radical (unpaired) electrons. The molecule has 0 unspecified atom stereocenters. The first kappa shape index (κ1) is 15.1. The Labute approximate surface area is 122 Å². The molecule has 1 heterocycles. The molecule has 2 rings (SSSR count). The number of carbonyl (C=O) groups excluding carboxylic acids is 1. The Morgan fingerprint density at radius 2 is 1.86 bits per heavy atom. The first-order chi connectivity index (χ1) is 10.1. The van der Waals surface area contributed by atoms with Gasteiger partial charge >= 0.3 is 13.1 Å². The molecule has 6 nitrogen and oxygen atoms in total. The summed E-state index contributed by atoms with van der Waals surface area (Å²) in [7, 11) is 1.15. The highest BCUT2D eigenvalue weighted by Crippen LogP contribution is 2.24. The summed E-state index contributed by atoms with van der Waals surface area (Å²) in [5.74, 6) is -0.704. The second kappa shape index (κ2) is 6.47. The minimum atomic E-state index is -1.67. The number of ether oxygens (including phenoxy) is 2. The molecule has 110 valence electrons. The summed E-state index contributed by atoms with van der Waals surface area (Å²) >= 11 is 0. The topological polar surface area (TPSA) is 80.9 Å². The van der Waals surface area contributed by atoms with E-state index in [2.05, 4.69) is 0 Å². The molecule has 21 heavy (non-hydrogen) atoms. The number of carbonyl (C=O) groups is 1. The predicted octanol–water partition coefficient (Wildman–Crippen LogP) is 0.885. The first-order valence-corrected chi connectivity index (χ1v) is 6.33. The monoisotopic (exact) mass is 289 g/mol. The van der Waals surface area contributed by atoms with E-state index in [9.17, 15) is 14.8 Å². The molecule has 0 spiro atoms. The van der Waals surface area contributed by atoms with Gasteiger partial charge in [0.2, 0.25) is 0 Å². The summed E-state index contributed by atoms with van der Waals surface area (Å²) in [5, 5.41) is 19.4. The van der Waals surface area contributed by atoms with Crippen LogP contribution >= 0.6 is 0 Å². The lowest BCUT2D eigenvalue weighted by molar-refractivity contribution is 0.0588. The van der Waals surface area contributed by atoms with Crippen molar-refractivity contribution in [2.75, 3.05) is 14.2 Å². The van der Waals surface area contributed by atoms with Crippen LogP contribution in [0.1, 0.15) is 22.0 Å². The number of hydrogen-bond donors (Lipinski definition) is 2. The Kier molecular flexibility index (Phi) is 4.67. The van der Waals surface area contributed by atoms with Crippen molar-refractivity contribution in [3.05, 3.63) is 53.9 Å². The van der Waals surface area contributed by atoms with Crippen molar-refractivity contribution in [1.29, 1.82) is 0 Å². The quantitative estimate of drug-likeness (QED) is 0.631. The lowest BCUT2D eigenvalue weighted by Gasteiger charge is -2.20. The fourth-order valence-electron chi connectivity index (χ4n) is 2.19. The van der Waals surface area contributed by atoms with Gasteiger partial charge in [0.1, 0.15) is 11.4 Å². The van der Waals surface area contributed by atoms with E-state index in [4.69, 9.17) is 9.47 Å². The van der Waals surface area contributed by atoms with Crippen molar-refractivity contribution in [2.45, 2.75) is 5.94 Å². The average Bonchev–Trinajstić information content (AvgIpc) is 2.96. The minimum absolute atomic E-state index is 0.242. The molecule has 0 aliphatic rings. The van der Waals surface area contributed by atoms with E-state index < -0.39 is 19.0 Å². The smallest absolute Gasteiger partial charge is 0.480 e. The zero-order valence-electron chi connectivity index (χ0n) is 11.8. The minimum Gasteiger partial charge on any atom is -0.497 e. The number of esters is 1. The van der Waals surface area contributed by atoms with Crippen LogP contribution in [-0.2, 0) is 4.74 Å². The summed E-state index contributed by atoms with van der Waals surface area (Å²) in [4.78, 5) is 11.7. The molecule has 7 heteroatoms. The largest absolute Gasteiger partial charge is 0.497 e. The number of benzene rings is 1. The maximum absolute atomic E-state index is 11.7. The van der Waals surface area contributed by atoms with Crippen LogP contribution in [0.25, 0.3) is 0 Å². The Morgan fingerprint density at radius 1 is 1.19 bits per heavy atom. The van der Waals surface area contributed by atoms with Crippen molar-refractivity contribution in [1.82, 2.24) is 4.57 Å². The molecular formula is C14H16BNO5. The molecule has 0 saturated heterocycles. The van der Waals surface area contributed by atoms with Crippen LogP contribution in [0.3, 0.4) is 0 Å². The van der Waals surface area contributed by atoms with E-state index in [1.165, 1.54) is 11.7 Å². The lowest BCUT2D eigenvalue weighted by Crippen LogP contribution is -2.31. The third-order valence-corrected chi connectivity index (χ3v) is 3.21. The van der Waals surface area contributed by atoms with Crippen LogP contribution in [-0.4, -0.2) is 41.9 Å².